The van der Waals surface area contributed by atoms with Crippen molar-refractivity contribution in [1.29, 1.82) is 0 Å². The van der Waals surface area contributed by atoms with Crippen LogP contribution in [0.5, 0.6) is 0 Å². The van der Waals surface area contributed by atoms with Gasteiger partial charge in [-0.05, 0) is 51.5 Å². The maximum absolute atomic E-state index is 12.1. The van der Waals surface area contributed by atoms with Crippen LogP contribution in [0.1, 0.15) is 65.7 Å². The van der Waals surface area contributed by atoms with Crippen molar-refractivity contribution in [2.24, 2.45) is 5.92 Å². The Labute approximate surface area is 130 Å². The summed E-state index contributed by atoms with van der Waals surface area (Å²) in [6.45, 7) is 8.37. The van der Waals surface area contributed by atoms with Gasteiger partial charge in [0.05, 0.1) is 6.54 Å². The van der Waals surface area contributed by atoms with Crippen LogP contribution in [-0.2, 0) is 4.79 Å². The summed E-state index contributed by atoms with van der Waals surface area (Å²) < 4.78 is 0. The molecule has 1 aliphatic rings. The van der Waals surface area contributed by atoms with E-state index >= 15 is 0 Å². The van der Waals surface area contributed by atoms with Crippen molar-refractivity contribution in [1.82, 2.24) is 10.2 Å². The van der Waals surface area contributed by atoms with E-state index in [4.69, 9.17) is 5.11 Å². The molecule has 124 valence electrons. The molecule has 1 saturated heterocycles. The van der Waals surface area contributed by atoms with Crippen LogP contribution < -0.4 is 5.32 Å². The lowest BCUT2D eigenvalue weighted by molar-refractivity contribution is -0.123. The molecule has 2 unspecified atom stereocenters. The second-order valence-corrected chi connectivity index (χ2v) is 6.93. The van der Waals surface area contributed by atoms with Gasteiger partial charge in [0.15, 0.2) is 0 Å². The van der Waals surface area contributed by atoms with Gasteiger partial charge < -0.3 is 10.4 Å². The lowest BCUT2D eigenvalue weighted by atomic mass is 10.0. The molecule has 1 amide bonds. The molecule has 2 N–H and O–H groups in total. The summed E-state index contributed by atoms with van der Waals surface area (Å²) in [5.74, 6) is 0.896. The summed E-state index contributed by atoms with van der Waals surface area (Å²) in [4.78, 5) is 14.4. The number of aliphatic hydroxyl groups excluding tert-OH is 1. The fourth-order valence-corrected chi connectivity index (χ4v) is 3.17. The maximum Gasteiger partial charge on any atom is 0.234 e. The summed E-state index contributed by atoms with van der Waals surface area (Å²) in [6, 6.07) is 0.758. The number of nitrogens with zero attached hydrogens (tertiary/aromatic N) is 1. The number of nitrogens with one attached hydrogen (secondary N) is 1. The number of carbonyl (C=O) groups is 1. The average Bonchev–Trinajstić information content (AvgIpc) is 2.82. The number of aliphatic hydroxyl groups is 1. The lowest BCUT2D eigenvalue weighted by Gasteiger charge is -2.24. The minimum atomic E-state index is 0.156. The zero-order valence-electron chi connectivity index (χ0n) is 14.1. The van der Waals surface area contributed by atoms with Gasteiger partial charge in [0.2, 0.25) is 5.91 Å². The fourth-order valence-electron chi connectivity index (χ4n) is 3.17. The predicted octanol–water partition coefficient (Wildman–Crippen LogP) is 2.55. The van der Waals surface area contributed by atoms with Gasteiger partial charge in [-0.15, -0.1) is 0 Å². The summed E-state index contributed by atoms with van der Waals surface area (Å²) >= 11 is 0. The number of hydrogen-bond donors (Lipinski definition) is 2. The Kier molecular flexibility index (Phi) is 8.93. The standard InChI is InChI=1S/C17H34N2O2/c1-14(2)7-4-8-15(3)18-17(21)13-19-11-5-9-16(19)10-6-12-20/h14-16,20H,4-13H2,1-3H3,(H,18,21). The van der Waals surface area contributed by atoms with Crippen molar-refractivity contribution in [3.63, 3.8) is 0 Å². The highest BCUT2D eigenvalue weighted by atomic mass is 16.3. The van der Waals surface area contributed by atoms with Crippen LogP contribution in [0.3, 0.4) is 0 Å². The van der Waals surface area contributed by atoms with Crippen molar-refractivity contribution in [3.8, 4) is 0 Å². The van der Waals surface area contributed by atoms with Gasteiger partial charge in [0.1, 0.15) is 0 Å². The van der Waals surface area contributed by atoms with Crippen molar-refractivity contribution < 1.29 is 9.90 Å². The Morgan fingerprint density at radius 3 is 2.71 bits per heavy atom. The van der Waals surface area contributed by atoms with E-state index in [1.165, 1.54) is 19.3 Å². The van der Waals surface area contributed by atoms with Gasteiger partial charge in [0.25, 0.3) is 0 Å². The van der Waals surface area contributed by atoms with E-state index in [2.05, 4.69) is 31.0 Å². The largest absolute Gasteiger partial charge is 0.396 e. The van der Waals surface area contributed by atoms with Gasteiger partial charge >= 0.3 is 0 Å². The molecule has 2 atom stereocenters. The molecule has 0 aliphatic carbocycles. The molecule has 4 heteroatoms. The highest BCUT2D eigenvalue weighted by Gasteiger charge is 2.25. The Bertz CT molecular complexity index is 295. The van der Waals surface area contributed by atoms with Gasteiger partial charge in [-0.1, -0.05) is 26.7 Å². The van der Waals surface area contributed by atoms with Gasteiger partial charge in [-0.3, -0.25) is 9.69 Å². The number of carbonyl (C=O) groups excluding carboxylic acids is 1. The minimum Gasteiger partial charge on any atom is -0.396 e. The second-order valence-electron chi connectivity index (χ2n) is 6.93. The second kappa shape index (κ2) is 10.2. The van der Waals surface area contributed by atoms with E-state index in [0.29, 0.717) is 12.6 Å². The SMILES string of the molecule is CC(C)CCCC(C)NC(=O)CN1CCCC1CCCO. The summed E-state index contributed by atoms with van der Waals surface area (Å²) in [7, 11) is 0. The van der Waals surface area contributed by atoms with E-state index < -0.39 is 0 Å². The van der Waals surface area contributed by atoms with Crippen molar-refractivity contribution in [2.75, 3.05) is 19.7 Å². The monoisotopic (exact) mass is 298 g/mol. The molecule has 0 aromatic heterocycles. The molecule has 0 aromatic rings. The zero-order valence-corrected chi connectivity index (χ0v) is 14.1. The Balaban J connectivity index is 2.22. The van der Waals surface area contributed by atoms with Crippen LogP contribution in [-0.4, -0.2) is 47.7 Å². The number of likely N-dealkylation sites (tertiary alicyclic amines) is 1. The van der Waals surface area contributed by atoms with E-state index in [1.54, 1.807) is 0 Å². The molecule has 0 spiro atoms. The quantitative estimate of drug-likeness (QED) is 0.652. The summed E-state index contributed by atoms with van der Waals surface area (Å²) in [5.41, 5.74) is 0. The number of hydrogen-bond acceptors (Lipinski definition) is 3. The van der Waals surface area contributed by atoms with Crippen molar-refractivity contribution in [3.05, 3.63) is 0 Å². The normalized spacial score (nSPS) is 20.9. The Hall–Kier alpha value is -0.610. The average molecular weight is 298 g/mol. The highest BCUT2D eigenvalue weighted by molar-refractivity contribution is 5.78. The Morgan fingerprint density at radius 2 is 2.05 bits per heavy atom. The molecule has 1 heterocycles. The first kappa shape index (κ1) is 18.4. The van der Waals surface area contributed by atoms with Crippen LogP contribution in [0.15, 0.2) is 0 Å². The maximum atomic E-state index is 12.1. The highest BCUT2D eigenvalue weighted by Crippen LogP contribution is 2.20. The van der Waals surface area contributed by atoms with Crippen LogP contribution in [0.4, 0.5) is 0 Å². The summed E-state index contributed by atoms with van der Waals surface area (Å²) in [5, 5.41) is 12.1. The van der Waals surface area contributed by atoms with Crippen molar-refractivity contribution in [2.45, 2.75) is 77.8 Å². The van der Waals surface area contributed by atoms with Crippen molar-refractivity contribution >= 4 is 5.91 Å². The fraction of sp³-hybridized carbons (Fsp3) is 0.941. The van der Waals surface area contributed by atoms with E-state index in [9.17, 15) is 4.79 Å². The minimum absolute atomic E-state index is 0.156. The van der Waals surface area contributed by atoms with Crippen LogP contribution in [0, 0.1) is 5.92 Å². The molecule has 21 heavy (non-hydrogen) atoms. The first-order valence-corrected chi connectivity index (χ1v) is 8.67. The van der Waals surface area contributed by atoms with E-state index in [0.717, 1.165) is 38.1 Å². The molecular weight excluding hydrogens is 264 g/mol. The van der Waals surface area contributed by atoms with Crippen LogP contribution in [0.2, 0.25) is 0 Å². The number of amides is 1. The predicted molar refractivity (Wildman–Crippen MR) is 87.2 cm³/mol. The molecule has 4 nitrogen and oxygen atoms in total. The molecule has 1 aliphatic heterocycles. The lowest BCUT2D eigenvalue weighted by Crippen LogP contribution is -2.42. The van der Waals surface area contributed by atoms with E-state index in [-0.39, 0.29) is 18.6 Å². The van der Waals surface area contributed by atoms with E-state index in [1.807, 2.05) is 0 Å². The van der Waals surface area contributed by atoms with Gasteiger partial charge in [-0.2, -0.15) is 0 Å². The third-order valence-electron chi connectivity index (χ3n) is 4.37. The third-order valence-corrected chi connectivity index (χ3v) is 4.37. The number of rotatable bonds is 10. The van der Waals surface area contributed by atoms with Crippen LogP contribution >= 0.6 is 0 Å². The smallest absolute Gasteiger partial charge is 0.234 e. The molecule has 0 bridgehead atoms. The molecular formula is C17H34N2O2. The third kappa shape index (κ3) is 7.82. The first-order valence-electron chi connectivity index (χ1n) is 8.67. The molecule has 1 rings (SSSR count). The topological polar surface area (TPSA) is 52.6 Å². The molecule has 0 aromatic carbocycles. The summed E-state index contributed by atoms with van der Waals surface area (Å²) in [6.07, 6.45) is 7.67. The molecule has 1 fully saturated rings. The van der Waals surface area contributed by atoms with Gasteiger partial charge in [-0.25, -0.2) is 0 Å². The molecule has 0 radical (unpaired) electrons. The first-order chi connectivity index (χ1) is 10.0. The van der Waals surface area contributed by atoms with Gasteiger partial charge in [0, 0.05) is 18.7 Å². The van der Waals surface area contributed by atoms with Crippen LogP contribution in [0.25, 0.3) is 0 Å². The molecule has 0 saturated carbocycles. The Morgan fingerprint density at radius 1 is 1.29 bits per heavy atom. The zero-order chi connectivity index (χ0) is 15.7.